The molecule has 0 bridgehead atoms. The number of aromatic nitrogens is 2. The Morgan fingerprint density at radius 1 is 1.23 bits per heavy atom. The van der Waals surface area contributed by atoms with Crippen molar-refractivity contribution in [3.63, 3.8) is 0 Å². The molecule has 0 radical (unpaired) electrons. The van der Waals surface area contributed by atoms with E-state index >= 15 is 0 Å². The first kappa shape index (κ1) is 30.2. The molecule has 0 saturated carbocycles. The molecular weight excluding hydrogens is 532 g/mol. The molecule has 2 saturated heterocycles. The highest BCUT2D eigenvalue weighted by Gasteiger charge is 2.29. The molecule has 0 unspecified atom stereocenters. The number of hydrogen-bond donors (Lipinski definition) is 3. The molecule has 0 amide bonds. The van der Waals surface area contributed by atoms with Crippen molar-refractivity contribution in [3.8, 4) is 17.1 Å². The van der Waals surface area contributed by atoms with E-state index in [0.29, 0.717) is 51.7 Å². The zero-order valence-corrected chi connectivity index (χ0v) is 24.6. The number of allylic oxidation sites excluding steroid dienone is 2. The molecule has 11 heteroatoms. The number of aliphatic hydroxyl groups excluding tert-OH is 1. The molecule has 218 valence electrons. The van der Waals surface area contributed by atoms with Crippen LogP contribution in [0.4, 0.5) is 5.82 Å². The zero-order valence-electron chi connectivity index (χ0n) is 23.9. The Morgan fingerprint density at radius 2 is 1.93 bits per heavy atom. The van der Waals surface area contributed by atoms with Crippen LogP contribution >= 0.6 is 11.6 Å². The molecule has 3 heterocycles. The van der Waals surface area contributed by atoms with Gasteiger partial charge in [-0.2, -0.15) is 0 Å². The molecule has 0 aliphatic carbocycles. The van der Waals surface area contributed by atoms with Crippen LogP contribution in [0.5, 0.6) is 5.75 Å². The fourth-order valence-corrected chi connectivity index (χ4v) is 5.65. The molecule has 10 nitrogen and oxygen atoms in total. The van der Waals surface area contributed by atoms with Crippen molar-refractivity contribution in [3.05, 3.63) is 40.2 Å². The second-order valence-electron chi connectivity index (χ2n) is 10.5. The molecular formula is C29H41ClN6O4. The fourth-order valence-electron chi connectivity index (χ4n) is 5.45. The molecule has 0 spiro atoms. The van der Waals surface area contributed by atoms with Crippen LogP contribution in [-0.2, 0) is 9.53 Å². The average Bonchev–Trinajstić information content (AvgIpc) is 2.94. The van der Waals surface area contributed by atoms with Crippen LogP contribution in [0.2, 0.25) is 5.02 Å². The second-order valence-corrected chi connectivity index (χ2v) is 10.9. The Hall–Kier alpha value is -2.76. The Morgan fingerprint density at radius 3 is 2.55 bits per heavy atom. The summed E-state index contributed by atoms with van der Waals surface area (Å²) < 4.78 is 11.4. The summed E-state index contributed by atoms with van der Waals surface area (Å²) in [7, 11) is 1.77. The first-order valence-electron chi connectivity index (χ1n) is 13.9. The number of benzene rings is 1. The number of nitrogens with one attached hydrogen (secondary N) is 1. The summed E-state index contributed by atoms with van der Waals surface area (Å²) in [5.41, 5.74) is 8.87. The molecule has 2 aromatic rings. The van der Waals surface area contributed by atoms with Gasteiger partial charge in [-0.05, 0) is 58.9 Å². The number of hydrogen-bond acceptors (Lipinski definition) is 10. The van der Waals surface area contributed by atoms with E-state index in [2.05, 4.69) is 15.1 Å². The Balaban J connectivity index is 1.70. The maximum Gasteiger partial charge on any atom is 0.163 e. The topological polar surface area (TPSA) is 126 Å². The van der Waals surface area contributed by atoms with E-state index < -0.39 is 6.10 Å². The Kier molecular flexibility index (Phi) is 10.4. The van der Waals surface area contributed by atoms with Crippen molar-refractivity contribution in [2.24, 2.45) is 5.73 Å². The Labute approximate surface area is 241 Å². The van der Waals surface area contributed by atoms with Gasteiger partial charge in [-0.3, -0.25) is 9.69 Å². The maximum absolute atomic E-state index is 12.7. The van der Waals surface area contributed by atoms with E-state index in [1.165, 1.54) is 6.92 Å². The number of Topliss-reactive ketones (excluding diaryl/α,β-unsaturated/α-hetero) is 1. The standard InChI is InChI=1S/C29H41ClN6O4/c1-18-27(26(19(2)31)20(3)37)33-28(24-15-23(5-6-25(24)30)40-17-22(38)16-32-4)34-29(18)36-9-7-21(8-10-36)35-11-13-39-14-12-35/h5-6,15,21-22,32,38H,7-14,16-17,31H2,1-4H3/t22-/m1/s1. The third-order valence-corrected chi connectivity index (χ3v) is 7.82. The lowest BCUT2D eigenvalue weighted by atomic mass is 9.99. The van der Waals surface area contributed by atoms with Gasteiger partial charge in [0, 0.05) is 55.6 Å². The number of nitrogens with zero attached hydrogens (tertiary/aromatic N) is 4. The van der Waals surface area contributed by atoms with Crippen LogP contribution in [0, 0.1) is 6.92 Å². The minimum atomic E-state index is -0.658. The number of morpholine rings is 1. The number of halogens is 1. The van der Waals surface area contributed by atoms with Crippen molar-refractivity contribution in [2.45, 2.75) is 45.8 Å². The van der Waals surface area contributed by atoms with Crippen molar-refractivity contribution in [2.75, 3.05) is 64.5 Å². The normalized spacial score (nSPS) is 18.4. The lowest BCUT2D eigenvalue weighted by Gasteiger charge is -2.40. The van der Waals surface area contributed by atoms with E-state index in [1.807, 2.05) is 6.92 Å². The summed E-state index contributed by atoms with van der Waals surface area (Å²) in [4.78, 5) is 27.3. The number of carbonyl (C=O) groups excluding carboxylic acids is 1. The van der Waals surface area contributed by atoms with Gasteiger partial charge in [0.15, 0.2) is 11.6 Å². The summed E-state index contributed by atoms with van der Waals surface area (Å²) in [6, 6.07) is 5.75. The van der Waals surface area contributed by atoms with E-state index in [4.69, 9.17) is 36.8 Å². The molecule has 2 fully saturated rings. The molecule has 2 aliphatic heterocycles. The Bertz CT molecular complexity index is 1220. The maximum atomic E-state index is 12.7. The number of likely N-dealkylation sites (N-methyl/N-ethyl adjacent to an activating group) is 1. The summed E-state index contributed by atoms with van der Waals surface area (Å²) in [5.74, 6) is 1.53. The molecule has 1 aromatic carbocycles. The average molecular weight is 573 g/mol. The number of nitrogens with two attached hydrogens (primary N) is 1. The van der Waals surface area contributed by atoms with Gasteiger partial charge in [-0.1, -0.05) is 11.6 Å². The fraction of sp³-hybridized carbons (Fsp3) is 0.552. The van der Waals surface area contributed by atoms with Crippen molar-refractivity contribution >= 4 is 28.8 Å². The molecule has 1 atom stereocenters. The van der Waals surface area contributed by atoms with E-state index in [1.54, 1.807) is 32.2 Å². The number of ether oxygens (including phenoxy) is 2. The SMILES string of the molecule is CNC[C@@H](O)COc1ccc(Cl)c(-c2nc(C(C(C)=O)=C(C)N)c(C)c(N3CCC(N4CCOCC4)CC3)n2)c1. The van der Waals surface area contributed by atoms with Gasteiger partial charge >= 0.3 is 0 Å². The number of rotatable bonds is 10. The lowest BCUT2D eigenvalue weighted by Crippen LogP contribution is -2.49. The minimum Gasteiger partial charge on any atom is -0.491 e. The minimum absolute atomic E-state index is 0.120. The summed E-state index contributed by atoms with van der Waals surface area (Å²) >= 11 is 6.66. The van der Waals surface area contributed by atoms with Crippen LogP contribution < -0.4 is 20.7 Å². The van der Waals surface area contributed by atoms with Crippen LogP contribution in [0.15, 0.2) is 23.9 Å². The van der Waals surface area contributed by atoms with Crippen LogP contribution in [0.3, 0.4) is 0 Å². The van der Waals surface area contributed by atoms with Gasteiger partial charge in [-0.25, -0.2) is 9.97 Å². The highest BCUT2D eigenvalue weighted by atomic mass is 35.5. The first-order valence-corrected chi connectivity index (χ1v) is 14.3. The van der Waals surface area contributed by atoms with E-state index in [9.17, 15) is 9.90 Å². The van der Waals surface area contributed by atoms with Gasteiger partial charge in [0.25, 0.3) is 0 Å². The van der Waals surface area contributed by atoms with Crippen LogP contribution in [0.1, 0.15) is 37.9 Å². The number of carbonyl (C=O) groups is 1. The molecule has 1 aromatic heterocycles. The number of piperidine rings is 1. The number of ketones is 1. The first-order chi connectivity index (χ1) is 19.2. The number of anilines is 1. The van der Waals surface area contributed by atoms with E-state index in [-0.39, 0.29) is 12.4 Å². The highest BCUT2D eigenvalue weighted by molar-refractivity contribution is 6.33. The predicted molar refractivity (Wildman–Crippen MR) is 158 cm³/mol. The summed E-state index contributed by atoms with van der Waals surface area (Å²) in [6.45, 7) is 10.9. The number of aliphatic hydroxyl groups is 1. The predicted octanol–water partition coefficient (Wildman–Crippen LogP) is 2.64. The molecule has 40 heavy (non-hydrogen) atoms. The molecule has 2 aliphatic rings. The van der Waals surface area contributed by atoms with E-state index in [0.717, 1.165) is 63.6 Å². The third kappa shape index (κ3) is 7.11. The quantitative estimate of drug-likeness (QED) is 0.366. The molecule has 4 N–H and O–H groups in total. The summed E-state index contributed by atoms with van der Waals surface area (Å²) in [5, 5.41) is 13.4. The third-order valence-electron chi connectivity index (χ3n) is 7.49. The largest absolute Gasteiger partial charge is 0.491 e. The van der Waals surface area contributed by atoms with Crippen LogP contribution in [-0.4, -0.2) is 97.5 Å². The zero-order chi connectivity index (χ0) is 28.8. The van der Waals surface area contributed by atoms with Crippen molar-refractivity contribution in [1.82, 2.24) is 20.2 Å². The molecule has 4 rings (SSSR count). The van der Waals surface area contributed by atoms with Gasteiger partial charge in [0.05, 0.1) is 29.5 Å². The van der Waals surface area contributed by atoms with Gasteiger partial charge in [0.2, 0.25) is 0 Å². The van der Waals surface area contributed by atoms with Crippen molar-refractivity contribution < 1.29 is 19.4 Å². The van der Waals surface area contributed by atoms with Crippen molar-refractivity contribution in [1.29, 1.82) is 0 Å². The highest BCUT2D eigenvalue weighted by Crippen LogP contribution is 2.35. The monoisotopic (exact) mass is 572 g/mol. The second kappa shape index (κ2) is 13.7. The van der Waals surface area contributed by atoms with Crippen LogP contribution in [0.25, 0.3) is 17.0 Å². The smallest absolute Gasteiger partial charge is 0.163 e. The summed E-state index contributed by atoms with van der Waals surface area (Å²) in [6.07, 6.45) is 1.37. The van der Waals surface area contributed by atoms with Gasteiger partial charge in [0.1, 0.15) is 24.3 Å². The van der Waals surface area contributed by atoms with Gasteiger partial charge < -0.3 is 30.5 Å². The lowest BCUT2D eigenvalue weighted by molar-refractivity contribution is -0.111. The van der Waals surface area contributed by atoms with Gasteiger partial charge in [-0.15, -0.1) is 0 Å².